The highest BCUT2D eigenvalue weighted by atomic mass is 79.9. The summed E-state index contributed by atoms with van der Waals surface area (Å²) in [5, 5.41) is 3.15. The zero-order chi connectivity index (χ0) is 14.0. The van der Waals surface area contributed by atoms with Gasteiger partial charge < -0.3 is 20.1 Å². The minimum Gasteiger partial charge on any atom is -0.356 e. The summed E-state index contributed by atoms with van der Waals surface area (Å²) in [5.74, 6) is -0.210. The van der Waals surface area contributed by atoms with E-state index < -0.39 is 6.04 Å². The van der Waals surface area contributed by atoms with E-state index >= 15 is 0 Å². The van der Waals surface area contributed by atoms with Crippen LogP contribution in [0.25, 0.3) is 0 Å². The third-order valence-electron chi connectivity index (χ3n) is 3.11. The maximum absolute atomic E-state index is 12.4. The fraction of sp³-hybridized carbons (Fsp3) is 0.500. The van der Waals surface area contributed by atoms with Crippen molar-refractivity contribution < 1.29 is 9.59 Å². The predicted molar refractivity (Wildman–Crippen MR) is 74.9 cm³/mol. The Morgan fingerprint density at radius 2 is 2.21 bits per heavy atom. The van der Waals surface area contributed by atoms with Gasteiger partial charge in [-0.25, -0.2) is 0 Å². The molecule has 1 aromatic rings. The molecule has 1 saturated heterocycles. The molecule has 19 heavy (non-hydrogen) atoms. The number of hydrogen-bond acceptors (Lipinski definition) is 3. The molecule has 1 atom stereocenters. The van der Waals surface area contributed by atoms with E-state index in [2.05, 4.69) is 26.2 Å². The highest BCUT2D eigenvalue weighted by Crippen LogP contribution is 2.15. The Morgan fingerprint density at radius 3 is 2.79 bits per heavy atom. The molecule has 2 N–H and O–H groups in total. The standard InChI is InChI=1S/C12H17BrN4O2/c1-16(2)12(19)10-7-14-3-4-17(10)11(18)9-5-8(13)6-15-9/h5-6,10,14-15H,3-4,7H2,1-2H3. The molecule has 0 aliphatic carbocycles. The molecule has 0 radical (unpaired) electrons. The number of rotatable bonds is 2. The van der Waals surface area contributed by atoms with Gasteiger partial charge in [0.1, 0.15) is 11.7 Å². The van der Waals surface area contributed by atoms with E-state index in [1.165, 1.54) is 4.90 Å². The lowest BCUT2D eigenvalue weighted by molar-refractivity contribution is -0.134. The second-order valence-corrected chi connectivity index (χ2v) is 5.60. The number of H-pyrrole nitrogens is 1. The summed E-state index contributed by atoms with van der Waals surface area (Å²) < 4.78 is 0.821. The Hall–Kier alpha value is -1.34. The van der Waals surface area contributed by atoms with Crippen molar-refractivity contribution in [1.29, 1.82) is 0 Å². The third-order valence-corrected chi connectivity index (χ3v) is 3.57. The minimum absolute atomic E-state index is 0.0637. The fourth-order valence-corrected chi connectivity index (χ4v) is 2.46. The van der Waals surface area contributed by atoms with Crippen molar-refractivity contribution in [3.05, 3.63) is 22.4 Å². The van der Waals surface area contributed by atoms with Crippen LogP contribution in [0, 0.1) is 0 Å². The van der Waals surface area contributed by atoms with E-state index in [0.29, 0.717) is 25.3 Å². The number of hydrogen-bond donors (Lipinski definition) is 2. The number of piperazine rings is 1. The number of amides is 2. The van der Waals surface area contributed by atoms with Crippen molar-refractivity contribution in [3.63, 3.8) is 0 Å². The van der Waals surface area contributed by atoms with Crippen LogP contribution >= 0.6 is 15.9 Å². The number of halogens is 1. The van der Waals surface area contributed by atoms with Gasteiger partial charge in [0.05, 0.1) is 0 Å². The van der Waals surface area contributed by atoms with Crippen LogP contribution in [-0.4, -0.2) is 66.4 Å². The van der Waals surface area contributed by atoms with Crippen LogP contribution in [0.1, 0.15) is 10.5 Å². The smallest absolute Gasteiger partial charge is 0.271 e. The van der Waals surface area contributed by atoms with Gasteiger partial charge in [-0.1, -0.05) is 0 Å². The predicted octanol–water partition coefficient (Wildman–Crippen LogP) is 0.279. The first kappa shape index (κ1) is 14.1. The molecule has 1 fully saturated rings. The van der Waals surface area contributed by atoms with Crippen molar-refractivity contribution in [1.82, 2.24) is 20.1 Å². The first-order valence-electron chi connectivity index (χ1n) is 6.07. The van der Waals surface area contributed by atoms with E-state index in [4.69, 9.17) is 0 Å². The first-order valence-corrected chi connectivity index (χ1v) is 6.87. The Labute approximate surface area is 120 Å². The van der Waals surface area contributed by atoms with E-state index in [-0.39, 0.29) is 11.8 Å². The fourth-order valence-electron chi connectivity index (χ4n) is 2.11. The lowest BCUT2D eigenvalue weighted by Crippen LogP contribution is -2.59. The number of nitrogens with zero attached hydrogens (tertiary/aromatic N) is 2. The summed E-state index contributed by atoms with van der Waals surface area (Å²) in [7, 11) is 3.40. The first-order chi connectivity index (χ1) is 9.00. The average Bonchev–Trinajstić information content (AvgIpc) is 2.83. The largest absolute Gasteiger partial charge is 0.356 e. The zero-order valence-electron chi connectivity index (χ0n) is 10.9. The van der Waals surface area contributed by atoms with Gasteiger partial charge in [-0.05, 0) is 22.0 Å². The van der Waals surface area contributed by atoms with E-state index in [1.54, 1.807) is 31.3 Å². The number of carbonyl (C=O) groups excluding carboxylic acids is 2. The van der Waals surface area contributed by atoms with Gasteiger partial charge >= 0.3 is 0 Å². The van der Waals surface area contributed by atoms with Crippen molar-refractivity contribution >= 4 is 27.7 Å². The van der Waals surface area contributed by atoms with Crippen LogP contribution < -0.4 is 5.32 Å². The SMILES string of the molecule is CN(C)C(=O)C1CNCCN1C(=O)c1cc(Br)c[nH]1. The summed E-state index contributed by atoms with van der Waals surface area (Å²) in [6.45, 7) is 1.72. The van der Waals surface area contributed by atoms with Gasteiger partial charge in [0.2, 0.25) is 5.91 Å². The number of aromatic amines is 1. The average molecular weight is 329 g/mol. The second kappa shape index (κ2) is 5.75. The van der Waals surface area contributed by atoms with Gasteiger partial charge in [0.25, 0.3) is 5.91 Å². The van der Waals surface area contributed by atoms with Gasteiger partial charge in [-0.3, -0.25) is 9.59 Å². The van der Waals surface area contributed by atoms with E-state index in [9.17, 15) is 9.59 Å². The molecule has 1 unspecified atom stereocenters. The van der Waals surface area contributed by atoms with Gasteiger partial charge in [0.15, 0.2) is 0 Å². The molecule has 1 aliphatic rings. The maximum atomic E-state index is 12.4. The lowest BCUT2D eigenvalue weighted by atomic mass is 10.1. The van der Waals surface area contributed by atoms with E-state index in [1.807, 2.05) is 0 Å². The minimum atomic E-state index is -0.446. The second-order valence-electron chi connectivity index (χ2n) is 4.68. The number of nitrogens with one attached hydrogen (secondary N) is 2. The molecule has 6 nitrogen and oxygen atoms in total. The number of likely N-dealkylation sites (N-methyl/N-ethyl adjacent to an activating group) is 1. The molecule has 2 amide bonds. The summed E-state index contributed by atoms with van der Waals surface area (Å²) in [4.78, 5) is 30.6. The quantitative estimate of drug-likeness (QED) is 0.819. The van der Waals surface area contributed by atoms with Crippen LogP contribution in [0.2, 0.25) is 0 Å². The molecule has 7 heteroatoms. The summed E-state index contributed by atoms with van der Waals surface area (Å²) in [6.07, 6.45) is 1.71. The zero-order valence-corrected chi connectivity index (χ0v) is 12.5. The topological polar surface area (TPSA) is 68.4 Å². The van der Waals surface area contributed by atoms with Gasteiger partial charge in [-0.15, -0.1) is 0 Å². The molecule has 1 aromatic heterocycles. The van der Waals surface area contributed by atoms with Crippen LogP contribution in [0.3, 0.4) is 0 Å². The summed E-state index contributed by atoms with van der Waals surface area (Å²) in [5.41, 5.74) is 0.491. The van der Waals surface area contributed by atoms with Gasteiger partial charge in [0, 0.05) is 44.4 Å². The van der Waals surface area contributed by atoms with E-state index in [0.717, 1.165) is 4.47 Å². The molecule has 0 bridgehead atoms. The Balaban J connectivity index is 2.20. The highest BCUT2D eigenvalue weighted by molar-refractivity contribution is 9.10. The molecule has 0 spiro atoms. The van der Waals surface area contributed by atoms with Crippen molar-refractivity contribution in [3.8, 4) is 0 Å². The normalized spacial score (nSPS) is 19.3. The lowest BCUT2D eigenvalue weighted by Gasteiger charge is -2.36. The van der Waals surface area contributed by atoms with Crippen molar-refractivity contribution in [2.75, 3.05) is 33.7 Å². The molecule has 1 aliphatic heterocycles. The monoisotopic (exact) mass is 328 g/mol. The number of aromatic nitrogens is 1. The van der Waals surface area contributed by atoms with Crippen LogP contribution in [0.15, 0.2) is 16.7 Å². The Kier molecular flexibility index (Phi) is 4.26. The molecular formula is C12H17BrN4O2. The molecule has 2 rings (SSSR count). The maximum Gasteiger partial charge on any atom is 0.271 e. The van der Waals surface area contributed by atoms with Crippen molar-refractivity contribution in [2.24, 2.45) is 0 Å². The Morgan fingerprint density at radius 1 is 1.47 bits per heavy atom. The molecule has 2 heterocycles. The van der Waals surface area contributed by atoms with Gasteiger partial charge in [-0.2, -0.15) is 0 Å². The van der Waals surface area contributed by atoms with Crippen molar-refractivity contribution in [2.45, 2.75) is 6.04 Å². The molecule has 104 valence electrons. The molecular weight excluding hydrogens is 312 g/mol. The molecule has 0 saturated carbocycles. The molecule has 0 aromatic carbocycles. The van der Waals surface area contributed by atoms with Crippen LogP contribution in [0.5, 0.6) is 0 Å². The highest BCUT2D eigenvalue weighted by Gasteiger charge is 2.33. The number of carbonyl (C=O) groups is 2. The third kappa shape index (κ3) is 2.98. The summed E-state index contributed by atoms with van der Waals surface area (Å²) >= 11 is 3.30. The summed E-state index contributed by atoms with van der Waals surface area (Å²) in [6, 6.07) is 1.28. The Bertz CT molecular complexity index is 486. The van der Waals surface area contributed by atoms with Crippen LogP contribution in [0.4, 0.5) is 0 Å². The van der Waals surface area contributed by atoms with Crippen LogP contribution in [-0.2, 0) is 4.79 Å².